The van der Waals surface area contributed by atoms with Gasteiger partial charge in [-0.1, -0.05) is 49.6 Å². The molecule has 1 heterocycles. The minimum atomic E-state index is 0. The molecular formula is C18H24ClN3. The van der Waals surface area contributed by atoms with E-state index in [1.165, 1.54) is 62.2 Å². The molecule has 2 fully saturated rings. The van der Waals surface area contributed by atoms with Gasteiger partial charge in [0.15, 0.2) is 0 Å². The third-order valence-electron chi connectivity index (χ3n) is 5.38. The fourth-order valence-electron chi connectivity index (χ4n) is 4.00. The summed E-state index contributed by atoms with van der Waals surface area (Å²) >= 11 is 0. The quantitative estimate of drug-likeness (QED) is 0.842. The Morgan fingerprint density at radius 2 is 1.68 bits per heavy atom. The molecule has 22 heavy (non-hydrogen) atoms. The lowest BCUT2D eigenvalue weighted by molar-refractivity contribution is 0.419. The van der Waals surface area contributed by atoms with E-state index in [1.807, 2.05) is 0 Å². The highest BCUT2D eigenvalue weighted by molar-refractivity contribution is 5.85. The van der Waals surface area contributed by atoms with Gasteiger partial charge in [0.2, 0.25) is 0 Å². The second-order valence-corrected chi connectivity index (χ2v) is 6.72. The minimum Gasteiger partial charge on any atom is -0.317 e. The molecule has 0 unspecified atom stereocenters. The van der Waals surface area contributed by atoms with Gasteiger partial charge in [0.1, 0.15) is 11.6 Å². The SMILES string of the molecule is Cl.Cn1c(C2CCCCC2)nnc1C1(c2ccccc2)CC1. The van der Waals surface area contributed by atoms with E-state index in [9.17, 15) is 0 Å². The monoisotopic (exact) mass is 317 g/mol. The summed E-state index contributed by atoms with van der Waals surface area (Å²) in [4.78, 5) is 0. The fourth-order valence-corrected chi connectivity index (χ4v) is 4.00. The lowest BCUT2D eigenvalue weighted by Crippen LogP contribution is -2.17. The van der Waals surface area contributed by atoms with E-state index in [2.05, 4.69) is 52.1 Å². The number of hydrogen-bond acceptors (Lipinski definition) is 2. The molecule has 2 saturated carbocycles. The highest BCUT2D eigenvalue weighted by Gasteiger charge is 2.50. The van der Waals surface area contributed by atoms with Crippen molar-refractivity contribution in [2.24, 2.45) is 7.05 Å². The normalized spacial score (nSPS) is 20.4. The van der Waals surface area contributed by atoms with Gasteiger partial charge in [-0.25, -0.2) is 0 Å². The molecule has 1 aromatic carbocycles. The molecule has 1 aromatic heterocycles. The van der Waals surface area contributed by atoms with Crippen molar-refractivity contribution >= 4 is 12.4 Å². The van der Waals surface area contributed by atoms with Crippen molar-refractivity contribution in [2.45, 2.75) is 56.3 Å². The summed E-state index contributed by atoms with van der Waals surface area (Å²) in [5.74, 6) is 3.01. The topological polar surface area (TPSA) is 30.7 Å². The van der Waals surface area contributed by atoms with Gasteiger partial charge in [-0.3, -0.25) is 0 Å². The van der Waals surface area contributed by atoms with Crippen molar-refractivity contribution in [3.63, 3.8) is 0 Å². The number of hydrogen-bond donors (Lipinski definition) is 0. The van der Waals surface area contributed by atoms with Crippen LogP contribution in [0.1, 0.15) is 68.1 Å². The second kappa shape index (κ2) is 6.04. The number of nitrogens with zero attached hydrogens (tertiary/aromatic N) is 3. The first-order valence-corrected chi connectivity index (χ1v) is 8.26. The molecule has 4 heteroatoms. The predicted molar refractivity (Wildman–Crippen MR) is 90.5 cm³/mol. The first-order chi connectivity index (χ1) is 10.3. The predicted octanol–water partition coefficient (Wildman–Crippen LogP) is 4.36. The summed E-state index contributed by atoms with van der Waals surface area (Å²) in [5, 5.41) is 9.20. The smallest absolute Gasteiger partial charge is 0.143 e. The summed E-state index contributed by atoms with van der Waals surface area (Å²) in [7, 11) is 2.17. The van der Waals surface area contributed by atoms with Crippen LogP contribution in [-0.2, 0) is 12.5 Å². The lowest BCUT2D eigenvalue weighted by atomic mass is 9.88. The van der Waals surface area contributed by atoms with Crippen molar-refractivity contribution < 1.29 is 0 Å². The van der Waals surface area contributed by atoms with E-state index >= 15 is 0 Å². The Morgan fingerprint density at radius 3 is 2.32 bits per heavy atom. The average Bonchev–Trinajstić information content (AvgIpc) is 3.26. The Morgan fingerprint density at radius 1 is 1.00 bits per heavy atom. The van der Waals surface area contributed by atoms with Crippen molar-refractivity contribution in [3.8, 4) is 0 Å². The van der Waals surface area contributed by atoms with E-state index in [0.29, 0.717) is 5.92 Å². The zero-order chi connectivity index (χ0) is 14.3. The molecule has 0 aliphatic heterocycles. The van der Waals surface area contributed by atoms with Crippen LogP contribution in [0.2, 0.25) is 0 Å². The third-order valence-corrected chi connectivity index (χ3v) is 5.38. The van der Waals surface area contributed by atoms with Gasteiger partial charge >= 0.3 is 0 Å². The number of halogens is 1. The van der Waals surface area contributed by atoms with Gasteiger partial charge in [0.05, 0.1) is 5.41 Å². The summed E-state index contributed by atoms with van der Waals surface area (Å²) in [6, 6.07) is 10.8. The van der Waals surface area contributed by atoms with Crippen LogP contribution in [0.3, 0.4) is 0 Å². The van der Waals surface area contributed by atoms with E-state index in [1.54, 1.807) is 0 Å². The standard InChI is InChI=1S/C18H23N3.ClH/c1-21-16(14-8-4-2-5-9-14)19-20-17(21)18(12-13-18)15-10-6-3-7-11-15;/h3,6-7,10-11,14H,2,4-5,8-9,12-13H2,1H3;1H. The molecule has 3 nitrogen and oxygen atoms in total. The molecule has 0 spiro atoms. The van der Waals surface area contributed by atoms with Gasteiger partial charge in [0, 0.05) is 13.0 Å². The van der Waals surface area contributed by atoms with Gasteiger partial charge < -0.3 is 4.57 Å². The van der Waals surface area contributed by atoms with Gasteiger partial charge in [-0.15, -0.1) is 22.6 Å². The van der Waals surface area contributed by atoms with E-state index in [-0.39, 0.29) is 17.8 Å². The van der Waals surface area contributed by atoms with Crippen molar-refractivity contribution in [1.82, 2.24) is 14.8 Å². The van der Waals surface area contributed by atoms with Crippen molar-refractivity contribution in [2.75, 3.05) is 0 Å². The van der Waals surface area contributed by atoms with Crippen LogP contribution < -0.4 is 0 Å². The summed E-state index contributed by atoms with van der Waals surface area (Å²) in [5.41, 5.74) is 1.53. The number of rotatable bonds is 3. The molecule has 2 aliphatic carbocycles. The molecule has 2 aromatic rings. The molecular weight excluding hydrogens is 294 g/mol. The zero-order valence-corrected chi connectivity index (χ0v) is 14.0. The maximum atomic E-state index is 4.61. The Labute approximate surface area is 138 Å². The maximum absolute atomic E-state index is 4.61. The van der Waals surface area contributed by atoms with E-state index in [4.69, 9.17) is 0 Å². The number of aromatic nitrogens is 3. The minimum absolute atomic E-state index is 0. The van der Waals surface area contributed by atoms with Crippen molar-refractivity contribution in [3.05, 3.63) is 47.5 Å². The van der Waals surface area contributed by atoms with Crippen LogP contribution in [0.4, 0.5) is 0 Å². The molecule has 0 radical (unpaired) electrons. The first kappa shape index (κ1) is 15.5. The van der Waals surface area contributed by atoms with Crippen LogP contribution >= 0.6 is 12.4 Å². The van der Waals surface area contributed by atoms with E-state index in [0.717, 1.165) is 0 Å². The molecule has 0 saturated heterocycles. The second-order valence-electron chi connectivity index (χ2n) is 6.72. The number of benzene rings is 1. The molecule has 0 bridgehead atoms. The Hall–Kier alpha value is -1.35. The van der Waals surface area contributed by atoms with Crippen LogP contribution in [0.25, 0.3) is 0 Å². The lowest BCUT2D eigenvalue weighted by Gasteiger charge is -2.21. The first-order valence-electron chi connectivity index (χ1n) is 8.26. The highest BCUT2D eigenvalue weighted by atomic mass is 35.5. The summed E-state index contributed by atoms with van der Waals surface area (Å²) < 4.78 is 2.30. The van der Waals surface area contributed by atoms with Crippen LogP contribution in [0, 0.1) is 0 Å². The molecule has 0 atom stereocenters. The van der Waals surface area contributed by atoms with Crippen LogP contribution in [0.5, 0.6) is 0 Å². The molecule has 0 N–H and O–H groups in total. The maximum Gasteiger partial charge on any atom is 0.143 e. The highest BCUT2D eigenvalue weighted by Crippen LogP contribution is 2.53. The Kier molecular flexibility index (Phi) is 4.26. The summed E-state index contributed by atoms with van der Waals surface area (Å²) in [6.07, 6.45) is 9.04. The Bertz CT molecular complexity index is 625. The molecule has 4 rings (SSSR count). The van der Waals surface area contributed by atoms with Gasteiger partial charge in [-0.2, -0.15) is 0 Å². The van der Waals surface area contributed by atoms with E-state index < -0.39 is 0 Å². The summed E-state index contributed by atoms with van der Waals surface area (Å²) in [6.45, 7) is 0. The van der Waals surface area contributed by atoms with Gasteiger partial charge in [0.25, 0.3) is 0 Å². The van der Waals surface area contributed by atoms with Gasteiger partial charge in [-0.05, 0) is 31.2 Å². The zero-order valence-electron chi connectivity index (χ0n) is 13.2. The fraction of sp³-hybridized carbons (Fsp3) is 0.556. The largest absolute Gasteiger partial charge is 0.317 e. The van der Waals surface area contributed by atoms with Crippen molar-refractivity contribution in [1.29, 1.82) is 0 Å². The molecule has 2 aliphatic rings. The third kappa shape index (κ3) is 2.45. The molecule has 0 amide bonds. The Balaban J connectivity index is 0.00000144. The van der Waals surface area contributed by atoms with Crippen LogP contribution in [-0.4, -0.2) is 14.8 Å². The molecule has 118 valence electrons. The van der Waals surface area contributed by atoms with Crippen LogP contribution in [0.15, 0.2) is 30.3 Å². The average molecular weight is 318 g/mol.